The minimum atomic E-state index is 0. The van der Waals surface area contributed by atoms with Crippen LogP contribution in [0.25, 0.3) is 0 Å². The van der Waals surface area contributed by atoms with Crippen molar-refractivity contribution < 1.29 is 29.1 Å². The van der Waals surface area contributed by atoms with Gasteiger partial charge in [-0.2, -0.15) is 0 Å². The Kier molecular flexibility index (Phi) is 7.83. The molecule has 0 amide bonds. The molecule has 0 unspecified atom stereocenters. The summed E-state index contributed by atoms with van der Waals surface area (Å²) in [6.07, 6.45) is 19.0. The third kappa shape index (κ3) is 6.25. The van der Waals surface area contributed by atoms with Crippen LogP contribution in [-0.4, -0.2) is 0 Å². The van der Waals surface area contributed by atoms with E-state index in [4.69, 9.17) is 0 Å². The zero-order chi connectivity index (χ0) is 7.07. The van der Waals surface area contributed by atoms with E-state index in [9.17, 15) is 0 Å². The van der Waals surface area contributed by atoms with Crippen molar-refractivity contribution in [1.29, 1.82) is 0 Å². The van der Waals surface area contributed by atoms with Gasteiger partial charge in [0.05, 0.1) is 0 Å². The molecule has 0 aromatic rings. The van der Waals surface area contributed by atoms with E-state index in [0.29, 0.717) is 0 Å². The Morgan fingerprint density at radius 1 is 0.636 bits per heavy atom. The molecule has 0 aromatic heterocycles. The van der Waals surface area contributed by atoms with Gasteiger partial charge in [-0.3, -0.25) is 0 Å². The van der Waals surface area contributed by atoms with E-state index in [1.165, 1.54) is 0 Å². The van der Waals surface area contributed by atoms with Gasteiger partial charge in [0.2, 0.25) is 0 Å². The van der Waals surface area contributed by atoms with Crippen LogP contribution >= 0.6 is 0 Å². The van der Waals surface area contributed by atoms with Crippen molar-refractivity contribution >= 4 is 0 Å². The molecule has 11 heavy (non-hydrogen) atoms. The Morgan fingerprint density at radius 2 is 0.909 bits per heavy atom. The van der Waals surface area contributed by atoms with Crippen molar-refractivity contribution in [2.45, 2.75) is 12.8 Å². The van der Waals surface area contributed by atoms with E-state index in [0.717, 1.165) is 12.8 Å². The Balaban J connectivity index is -0.000000125. The first kappa shape index (κ1) is 10.8. The summed E-state index contributed by atoms with van der Waals surface area (Å²) in [6.45, 7) is 0. The summed E-state index contributed by atoms with van der Waals surface area (Å²) < 4.78 is 0. The molecule has 0 saturated carbocycles. The maximum atomic E-state index is 2.12. The van der Waals surface area contributed by atoms with Gasteiger partial charge in [-0.1, -0.05) is 48.6 Å². The first-order valence-electron chi connectivity index (χ1n) is 3.63. The zero-order valence-electron chi connectivity index (χ0n) is 8.53. The molecule has 0 aromatic carbocycles. The second-order valence-electron chi connectivity index (χ2n) is 2.18. The SMILES string of the molecule is C1=CCC=C1.C1=CCC=C1.[H-].[H-].[Zr+2]. The van der Waals surface area contributed by atoms with Gasteiger partial charge in [-0.15, -0.1) is 0 Å². The third-order valence-corrected chi connectivity index (χ3v) is 1.31. The van der Waals surface area contributed by atoms with Gasteiger partial charge in [0.15, 0.2) is 0 Å². The predicted octanol–water partition coefficient (Wildman–Crippen LogP) is 3.23. The van der Waals surface area contributed by atoms with Crippen molar-refractivity contribution in [3.05, 3.63) is 48.6 Å². The van der Waals surface area contributed by atoms with E-state index in [1.54, 1.807) is 0 Å². The maximum Gasteiger partial charge on any atom is 2.00 e. The largest absolute Gasteiger partial charge is 2.00 e. The van der Waals surface area contributed by atoms with E-state index in [1.807, 2.05) is 0 Å². The second kappa shape index (κ2) is 7.94. The van der Waals surface area contributed by atoms with Gasteiger partial charge in [0.1, 0.15) is 0 Å². The molecule has 0 saturated heterocycles. The molecule has 0 heterocycles. The molecular weight excluding hydrogens is 211 g/mol. The van der Waals surface area contributed by atoms with Crippen LogP contribution in [0.5, 0.6) is 0 Å². The topological polar surface area (TPSA) is 0 Å². The van der Waals surface area contributed by atoms with Crippen LogP contribution in [0.2, 0.25) is 0 Å². The van der Waals surface area contributed by atoms with Crippen LogP contribution in [0.4, 0.5) is 0 Å². The van der Waals surface area contributed by atoms with Gasteiger partial charge < -0.3 is 2.85 Å². The normalized spacial score (nSPS) is 16.0. The van der Waals surface area contributed by atoms with Crippen LogP contribution < -0.4 is 0 Å². The minimum Gasteiger partial charge on any atom is -1.00 e. The standard InChI is InChI=1S/2C5H6.Zr.2H/c2*1-2-4-5-3-1;;;/h2*1-4H,5H2;;;/q;;+2;2*-1. The molecule has 1 heteroatoms. The average molecular weight is 225 g/mol. The molecule has 0 atom stereocenters. The molecule has 0 radical (unpaired) electrons. The van der Waals surface area contributed by atoms with Gasteiger partial charge in [0.25, 0.3) is 0 Å². The zero-order valence-corrected chi connectivity index (χ0v) is 8.99. The van der Waals surface area contributed by atoms with Crippen molar-refractivity contribution in [3.63, 3.8) is 0 Å². The monoisotopic (exact) mass is 224 g/mol. The summed E-state index contributed by atoms with van der Waals surface area (Å²) in [5.74, 6) is 0. The summed E-state index contributed by atoms with van der Waals surface area (Å²) in [5, 5.41) is 0. The van der Waals surface area contributed by atoms with Crippen molar-refractivity contribution in [1.82, 2.24) is 0 Å². The molecule has 2 aliphatic carbocycles. The first-order chi connectivity index (χ1) is 5.00. The minimum absolute atomic E-state index is 0. The maximum absolute atomic E-state index is 2.12. The molecule has 0 nitrogen and oxygen atoms in total. The first-order valence-corrected chi connectivity index (χ1v) is 3.63. The fourth-order valence-corrected chi connectivity index (χ4v) is 0.786. The molecule has 58 valence electrons. The molecule has 0 aliphatic heterocycles. The van der Waals surface area contributed by atoms with Crippen LogP contribution in [-0.2, 0) is 26.2 Å². The molecular formula is C10H14Zr. The third-order valence-electron chi connectivity index (χ3n) is 1.31. The van der Waals surface area contributed by atoms with Gasteiger partial charge >= 0.3 is 26.2 Å². The van der Waals surface area contributed by atoms with E-state index < -0.39 is 0 Å². The van der Waals surface area contributed by atoms with Crippen LogP contribution in [0.1, 0.15) is 15.7 Å². The Morgan fingerprint density at radius 3 is 1.00 bits per heavy atom. The fourth-order valence-electron chi connectivity index (χ4n) is 0.786. The molecule has 0 spiro atoms. The van der Waals surface area contributed by atoms with E-state index in [-0.39, 0.29) is 29.1 Å². The molecule has 0 N–H and O–H groups in total. The summed E-state index contributed by atoms with van der Waals surface area (Å²) in [7, 11) is 0. The summed E-state index contributed by atoms with van der Waals surface area (Å²) in [6, 6.07) is 0. The van der Waals surface area contributed by atoms with Crippen LogP contribution in [0.3, 0.4) is 0 Å². The summed E-state index contributed by atoms with van der Waals surface area (Å²) >= 11 is 0. The van der Waals surface area contributed by atoms with Gasteiger partial charge in [0, 0.05) is 0 Å². The molecule has 0 bridgehead atoms. The number of allylic oxidation sites excluding steroid dienone is 8. The number of hydrogen-bond acceptors (Lipinski definition) is 0. The quantitative estimate of drug-likeness (QED) is 0.594. The summed E-state index contributed by atoms with van der Waals surface area (Å²) in [4.78, 5) is 0. The second-order valence-corrected chi connectivity index (χ2v) is 2.18. The van der Waals surface area contributed by atoms with Crippen LogP contribution in [0, 0.1) is 0 Å². The van der Waals surface area contributed by atoms with Crippen LogP contribution in [0.15, 0.2) is 48.6 Å². The number of hydrogen-bond donors (Lipinski definition) is 0. The summed E-state index contributed by atoms with van der Waals surface area (Å²) in [5.41, 5.74) is 0. The Hall–Kier alpha value is -0.157. The van der Waals surface area contributed by atoms with Crippen molar-refractivity contribution in [2.75, 3.05) is 0 Å². The van der Waals surface area contributed by atoms with Gasteiger partial charge in [-0.05, 0) is 12.8 Å². The van der Waals surface area contributed by atoms with Crippen molar-refractivity contribution in [3.8, 4) is 0 Å². The Labute approximate surface area is 90.5 Å². The molecule has 2 aliphatic rings. The smallest absolute Gasteiger partial charge is 1.00 e. The van der Waals surface area contributed by atoms with E-state index in [2.05, 4.69) is 48.6 Å². The molecule has 0 fully saturated rings. The average Bonchev–Trinajstić information content (AvgIpc) is 2.67. The van der Waals surface area contributed by atoms with E-state index >= 15 is 0 Å². The molecule has 2 rings (SSSR count). The van der Waals surface area contributed by atoms with Gasteiger partial charge in [-0.25, -0.2) is 0 Å². The van der Waals surface area contributed by atoms with Crippen molar-refractivity contribution in [2.24, 2.45) is 0 Å². The number of rotatable bonds is 0. The predicted molar refractivity (Wildman–Crippen MR) is 48.0 cm³/mol. The Bertz CT molecular complexity index is 151. The fraction of sp³-hybridized carbons (Fsp3) is 0.200.